The van der Waals surface area contributed by atoms with Gasteiger partial charge >= 0.3 is 0 Å². The van der Waals surface area contributed by atoms with Crippen molar-refractivity contribution in [3.05, 3.63) is 0 Å². The molecule has 0 aromatic carbocycles. The van der Waals surface area contributed by atoms with E-state index in [2.05, 4.69) is 6.92 Å². The van der Waals surface area contributed by atoms with Crippen molar-refractivity contribution in [1.29, 1.82) is 0 Å². The maximum atomic E-state index is 6.04. The Morgan fingerprint density at radius 3 is 2.50 bits per heavy atom. The van der Waals surface area contributed by atoms with Gasteiger partial charge in [-0.2, -0.15) is 0 Å². The van der Waals surface area contributed by atoms with Crippen molar-refractivity contribution in [1.82, 2.24) is 0 Å². The molecule has 0 amide bonds. The van der Waals surface area contributed by atoms with Gasteiger partial charge in [0.05, 0.1) is 0 Å². The molecule has 2 saturated carbocycles. The molecule has 4 atom stereocenters. The van der Waals surface area contributed by atoms with Crippen molar-refractivity contribution in [3.8, 4) is 0 Å². The summed E-state index contributed by atoms with van der Waals surface area (Å²) in [6.07, 6.45) is 11.4. The molecule has 0 saturated heterocycles. The SMILES string of the molecule is CCCC1CCC2CC(N)CCC2C1. The van der Waals surface area contributed by atoms with Crippen LogP contribution in [-0.2, 0) is 0 Å². The molecule has 0 spiro atoms. The Balaban J connectivity index is 1.85. The molecule has 1 nitrogen and oxygen atoms in total. The van der Waals surface area contributed by atoms with Gasteiger partial charge in [0.25, 0.3) is 0 Å². The first kappa shape index (κ1) is 10.5. The maximum absolute atomic E-state index is 6.04. The van der Waals surface area contributed by atoms with Gasteiger partial charge in [0.15, 0.2) is 0 Å². The van der Waals surface area contributed by atoms with Crippen molar-refractivity contribution in [3.63, 3.8) is 0 Å². The summed E-state index contributed by atoms with van der Waals surface area (Å²) in [5.74, 6) is 3.09. The van der Waals surface area contributed by atoms with Gasteiger partial charge in [0.2, 0.25) is 0 Å². The largest absolute Gasteiger partial charge is 0.328 e. The van der Waals surface area contributed by atoms with Gasteiger partial charge in [0, 0.05) is 6.04 Å². The summed E-state index contributed by atoms with van der Waals surface area (Å²) in [6, 6.07) is 0.527. The third-order valence-corrected chi connectivity index (χ3v) is 4.46. The van der Waals surface area contributed by atoms with E-state index < -0.39 is 0 Å². The molecule has 2 N–H and O–H groups in total. The first-order valence-corrected chi connectivity index (χ1v) is 6.55. The van der Waals surface area contributed by atoms with Crippen LogP contribution in [-0.4, -0.2) is 6.04 Å². The quantitative estimate of drug-likeness (QED) is 0.718. The molecular weight excluding hydrogens is 170 g/mol. The topological polar surface area (TPSA) is 26.0 Å². The van der Waals surface area contributed by atoms with Crippen LogP contribution in [0.25, 0.3) is 0 Å². The fourth-order valence-corrected chi connectivity index (χ4v) is 3.69. The third-order valence-electron chi connectivity index (χ3n) is 4.46. The molecule has 0 bridgehead atoms. The van der Waals surface area contributed by atoms with Crippen molar-refractivity contribution >= 4 is 0 Å². The summed E-state index contributed by atoms with van der Waals surface area (Å²) in [5.41, 5.74) is 6.04. The first-order chi connectivity index (χ1) is 6.79. The lowest BCUT2D eigenvalue weighted by atomic mass is 9.66. The lowest BCUT2D eigenvalue weighted by molar-refractivity contribution is 0.115. The standard InChI is InChI=1S/C13H25N/c1-2-3-10-4-5-12-9-13(14)7-6-11(12)8-10/h10-13H,2-9,14H2,1H3. The van der Waals surface area contributed by atoms with E-state index in [9.17, 15) is 0 Å². The van der Waals surface area contributed by atoms with Crippen LogP contribution in [0.3, 0.4) is 0 Å². The Morgan fingerprint density at radius 2 is 1.71 bits per heavy atom. The van der Waals surface area contributed by atoms with E-state index in [1.807, 2.05) is 0 Å². The van der Waals surface area contributed by atoms with Crippen LogP contribution in [0.15, 0.2) is 0 Å². The van der Waals surface area contributed by atoms with Gasteiger partial charge in [-0.05, 0) is 49.9 Å². The second-order valence-corrected chi connectivity index (χ2v) is 5.56. The van der Waals surface area contributed by atoms with E-state index >= 15 is 0 Å². The molecule has 0 aliphatic heterocycles. The Morgan fingerprint density at radius 1 is 1.00 bits per heavy atom. The number of nitrogens with two attached hydrogens (primary N) is 1. The highest BCUT2D eigenvalue weighted by atomic mass is 14.6. The zero-order chi connectivity index (χ0) is 9.97. The zero-order valence-corrected chi connectivity index (χ0v) is 9.54. The fraction of sp³-hybridized carbons (Fsp3) is 1.00. The van der Waals surface area contributed by atoms with E-state index in [-0.39, 0.29) is 0 Å². The molecule has 2 aliphatic rings. The molecule has 2 fully saturated rings. The van der Waals surface area contributed by atoms with Gasteiger partial charge < -0.3 is 5.73 Å². The Bertz CT molecular complexity index is 178. The number of hydrogen-bond acceptors (Lipinski definition) is 1. The summed E-state index contributed by atoms with van der Waals surface area (Å²) >= 11 is 0. The van der Waals surface area contributed by atoms with Crippen molar-refractivity contribution < 1.29 is 0 Å². The van der Waals surface area contributed by atoms with Crippen molar-refractivity contribution in [2.24, 2.45) is 23.5 Å². The average molecular weight is 195 g/mol. The zero-order valence-electron chi connectivity index (χ0n) is 9.54. The number of fused-ring (bicyclic) bond motifs is 1. The van der Waals surface area contributed by atoms with Crippen LogP contribution < -0.4 is 5.73 Å². The molecule has 1 heteroatoms. The second-order valence-electron chi connectivity index (χ2n) is 5.56. The molecule has 2 aliphatic carbocycles. The van der Waals surface area contributed by atoms with Crippen LogP contribution in [0.1, 0.15) is 58.3 Å². The monoisotopic (exact) mass is 195 g/mol. The van der Waals surface area contributed by atoms with Gasteiger partial charge in [-0.15, -0.1) is 0 Å². The van der Waals surface area contributed by atoms with E-state index in [1.165, 1.54) is 51.4 Å². The molecule has 2 rings (SSSR count). The molecule has 0 aromatic rings. The van der Waals surface area contributed by atoms with Crippen molar-refractivity contribution in [2.45, 2.75) is 64.3 Å². The van der Waals surface area contributed by atoms with Crippen LogP contribution in [0.4, 0.5) is 0 Å². The Labute approximate surface area is 88.4 Å². The lowest BCUT2D eigenvalue weighted by Crippen LogP contribution is -2.36. The minimum absolute atomic E-state index is 0.527. The predicted molar refractivity (Wildman–Crippen MR) is 61.1 cm³/mol. The molecule has 14 heavy (non-hydrogen) atoms. The summed E-state index contributed by atoms with van der Waals surface area (Å²) in [5, 5.41) is 0. The molecule has 0 radical (unpaired) electrons. The fourth-order valence-electron chi connectivity index (χ4n) is 3.69. The highest BCUT2D eigenvalue weighted by Gasteiger charge is 2.33. The smallest absolute Gasteiger partial charge is 0.00416 e. The van der Waals surface area contributed by atoms with Crippen molar-refractivity contribution in [2.75, 3.05) is 0 Å². The Kier molecular flexibility index (Phi) is 3.48. The van der Waals surface area contributed by atoms with Crippen LogP contribution >= 0.6 is 0 Å². The van der Waals surface area contributed by atoms with E-state index in [1.54, 1.807) is 0 Å². The predicted octanol–water partition coefficient (Wildman–Crippen LogP) is 3.33. The number of rotatable bonds is 2. The van der Waals surface area contributed by atoms with Crippen LogP contribution in [0, 0.1) is 17.8 Å². The first-order valence-electron chi connectivity index (χ1n) is 6.55. The average Bonchev–Trinajstić information content (AvgIpc) is 2.19. The third kappa shape index (κ3) is 2.31. The highest BCUT2D eigenvalue weighted by molar-refractivity contribution is 4.87. The van der Waals surface area contributed by atoms with Crippen LogP contribution in [0.2, 0.25) is 0 Å². The number of hydrogen-bond donors (Lipinski definition) is 1. The summed E-state index contributed by atoms with van der Waals surface area (Å²) in [4.78, 5) is 0. The summed E-state index contributed by atoms with van der Waals surface area (Å²) in [7, 11) is 0. The van der Waals surface area contributed by atoms with Gasteiger partial charge in [0.1, 0.15) is 0 Å². The Hall–Kier alpha value is -0.0400. The minimum Gasteiger partial charge on any atom is -0.328 e. The molecule has 4 unspecified atom stereocenters. The van der Waals surface area contributed by atoms with Gasteiger partial charge in [-0.25, -0.2) is 0 Å². The summed E-state index contributed by atoms with van der Waals surface area (Å²) in [6.45, 7) is 2.32. The molecule has 0 aromatic heterocycles. The molecule has 82 valence electrons. The highest BCUT2D eigenvalue weighted by Crippen LogP contribution is 2.43. The molecular formula is C13H25N. The van der Waals surface area contributed by atoms with Crippen LogP contribution in [0.5, 0.6) is 0 Å². The lowest BCUT2D eigenvalue weighted by Gasteiger charge is -2.41. The van der Waals surface area contributed by atoms with E-state index in [4.69, 9.17) is 5.73 Å². The molecule has 0 heterocycles. The maximum Gasteiger partial charge on any atom is 0.00416 e. The van der Waals surface area contributed by atoms with E-state index in [0.717, 1.165) is 17.8 Å². The second kappa shape index (κ2) is 4.65. The minimum atomic E-state index is 0.527. The summed E-state index contributed by atoms with van der Waals surface area (Å²) < 4.78 is 0. The van der Waals surface area contributed by atoms with Gasteiger partial charge in [-0.3, -0.25) is 0 Å². The van der Waals surface area contributed by atoms with E-state index in [0.29, 0.717) is 6.04 Å². The van der Waals surface area contributed by atoms with Gasteiger partial charge in [-0.1, -0.05) is 26.2 Å². The normalized spacial score (nSPS) is 43.3.